The number of nitrogens with zero attached hydrogens (tertiary/aromatic N) is 3. The number of fused-ring (bicyclic) bond motifs is 1. The first-order valence-corrected chi connectivity index (χ1v) is 4.71. The Kier molecular flexibility index (Phi) is 2.21. The number of nitrogens with two attached hydrogens (primary N) is 1. The quantitative estimate of drug-likeness (QED) is 0.769. The fourth-order valence-electron chi connectivity index (χ4n) is 1.59. The normalized spacial score (nSPS) is 13.4. The molecule has 0 aliphatic rings. The highest BCUT2D eigenvalue weighted by molar-refractivity contribution is 5.71. The van der Waals surface area contributed by atoms with E-state index in [9.17, 15) is 0 Å². The van der Waals surface area contributed by atoms with Gasteiger partial charge in [0.05, 0.1) is 0 Å². The fraction of sp³-hybridized carbons (Fsp3) is 0.400. The molecular formula is C10H14N4. The van der Waals surface area contributed by atoms with Gasteiger partial charge in [0.1, 0.15) is 11.3 Å². The molecule has 0 aliphatic heterocycles. The molecule has 1 atom stereocenters. The topological polar surface area (TPSA) is 56.7 Å². The van der Waals surface area contributed by atoms with Crippen molar-refractivity contribution in [1.82, 2.24) is 14.5 Å². The third-order valence-electron chi connectivity index (χ3n) is 2.46. The summed E-state index contributed by atoms with van der Waals surface area (Å²) in [4.78, 5) is 8.78. The zero-order valence-corrected chi connectivity index (χ0v) is 8.44. The summed E-state index contributed by atoms with van der Waals surface area (Å²) in [7, 11) is 1.98. The van der Waals surface area contributed by atoms with Crippen molar-refractivity contribution in [3.8, 4) is 0 Å². The second-order valence-electron chi connectivity index (χ2n) is 3.51. The molecule has 4 heteroatoms. The average molecular weight is 190 g/mol. The van der Waals surface area contributed by atoms with E-state index in [-0.39, 0.29) is 5.92 Å². The van der Waals surface area contributed by atoms with Crippen molar-refractivity contribution >= 4 is 11.2 Å². The summed E-state index contributed by atoms with van der Waals surface area (Å²) < 4.78 is 2.01. The third-order valence-corrected chi connectivity index (χ3v) is 2.46. The van der Waals surface area contributed by atoms with Crippen molar-refractivity contribution in [1.29, 1.82) is 0 Å². The Bertz CT molecular complexity index is 446. The summed E-state index contributed by atoms with van der Waals surface area (Å²) in [6.07, 6.45) is 1.78. The SMILES string of the molecule is CC(CN)c1nc2cccnc2n1C. The van der Waals surface area contributed by atoms with Crippen LogP contribution >= 0.6 is 0 Å². The molecule has 0 spiro atoms. The Hall–Kier alpha value is -1.42. The highest BCUT2D eigenvalue weighted by atomic mass is 15.1. The standard InChI is InChI=1S/C10H14N4/c1-7(6-11)9-13-8-4-3-5-12-10(8)14(9)2/h3-5,7H,6,11H2,1-2H3. The van der Waals surface area contributed by atoms with Crippen molar-refractivity contribution in [2.45, 2.75) is 12.8 Å². The summed E-state index contributed by atoms with van der Waals surface area (Å²) in [6, 6.07) is 3.86. The Morgan fingerprint density at radius 2 is 2.36 bits per heavy atom. The number of hydrogen-bond donors (Lipinski definition) is 1. The van der Waals surface area contributed by atoms with Crippen LogP contribution in [0.15, 0.2) is 18.3 Å². The molecule has 1 unspecified atom stereocenters. The lowest BCUT2D eigenvalue weighted by molar-refractivity contribution is 0.674. The van der Waals surface area contributed by atoms with E-state index in [4.69, 9.17) is 5.73 Å². The summed E-state index contributed by atoms with van der Waals surface area (Å²) >= 11 is 0. The minimum Gasteiger partial charge on any atom is -0.330 e. The van der Waals surface area contributed by atoms with Crippen molar-refractivity contribution in [2.75, 3.05) is 6.54 Å². The van der Waals surface area contributed by atoms with E-state index < -0.39 is 0 Å². The van der Waals surface area contributed by atoms with Crippen molar-refractivity contribution < 1.29 is 0 Å². The number of hydrogen-bond acceptors (Lipinski definition) is 3. The first-order chi connectivity index (χ1) is 6.74. The van der Waals surface area contributed by atoms with Gasteiger partial charge in [-0.1, -0.05) is 6.92 Å². The maximum absolute atomic E-state index is 5.62. The number of imidazole rings is 1. The van der Waals surface area contributed by atoms with Crippen LogP contribution in [0.5, 0.6) is 0 Å². The molecule has 14 heavy (non-hydrogen) atoms. The highest BCUT2D eigenvalue weighted by Gasteiger charge is 2.12. The van der Waals surface area contributed by atoms with Gasteiger partial charge in [0.25, 0.3) is 0 Å². The van der Waals surface area contributed by atoms with Gasteiger partial charge in [0.2, 0.25) is 0 Å². The lowest BCUT2D eigenvalue weighted by Gasteiger charge is -2.07. The average Bonchev–Trinajstić information content (AvgIpc) is 2.56. The molecule has 0 radical (unpaired) electrons. The predicted octanol–water partition coefficient (Wildman–Crippen LogP) is 1.03. The minimum atomic E-state index is 0.272. The molecule has 2 aromatic rings. The molecule has 0 fully saturated rings. The lowest BCUT2D eigenvalue weighted by Crippen LogP contribution is -2.13. The van der Waals surface area contributed by atoms with Crippen LogP contribution in [0.4, 0.5) is 0 Å². The Balaban J connectivity index is 2.62. The van der Waals surface area contributed by atoms with E-state index in [0.717, 1.165) is 17.0 Å². The van der Waals surface area contributed by atoms with E-state index in [0.29, 0.717) is 6.54 Å². The van der Waals surface area contributed by atoms with E-state index in [1.165, 1.54) is 0 Å². The number of aryl methyl sites for hydroxylation is 1. The third kappa shape index (κ3) is 1.28. The zero-order valence-electron chi connectivity index (χ0n) is 8.44. The Morgan fingerprint density at radius 3 is 3.00 bits per heavy atom. The first-order valence-electron chi connectivity index (χ1n) is 4.71. The van der Waals surface area contributed by atoms with E-state index in [1.54, 1.807) is 6.20 Å². The Morgan fingerprint density at radius 1 is 1.57 bits per heavy atom. The summed E-state index contributed by atoms with van der Waals surface area (Å²) in [5, 5.41) is 0. The van der Waals surface area contributed by atoms with Crippen molar-refractivity contribution in [2.24, 2.45) is 12.8 Å². The van der Waals surface area contributed by atoms with Gasteiger partial charge in [-0.15, -0.1) is 0 Å². The van der Waals surface area contributed by atoms with Gasteiger partial charge >= 0.3 is 0 Å². The molecule has 2 N–H and O–H groups in total. The largest absolute Gasteiger partial charge is 0.330 e. The van der Waals surface area contributed by atoms with E-state index in [1.807, 2.05) is 23.7 Å². The van der Waals surface area contributed by atoms with Gasteiger partial charge in [-0.3, -0.25) is 0 Å². The molecule has 0 bridgehead atoms. The zero-order chi connectivity index (χ0) is 10.1. The molecule has 74 valence electrons. The summed E-state index contributed by atoms with van der Waals surface area (Å²) in [6.45, 7) is 2.68. The number of pyridine rings is 1. The lowest BCUT2D eigenvalue weighted by atomic mass is 10.2. The number of rotatable bonds is 2. The van der Waals surface area contributed by atoms with Gasteiger partial charge < -0.3 is 10.3 Å². The first kappa shape index (κ1) is 9.15. The molecule has 2 heterocycles. The maximum Gasteiger partial charge on any atom is 0.159 e. The summed E-state index contributed by atoms with van der Waals surface area (Å²) in [5.74, 6) is 1.27. The van der Waals surface area contributed by atoms with Crippen LogP contribution in [0.25, 0.3) is 11.2 Å². The number of aromatic nitrogens is 3. The van der Waals surface area contributed by atoms with Crippen LogP contribution in [0.2, 0.25) is 0 Å². The van der Waals surface area contributed by atoms with E-state index >= 15 is 0 Å². The van der Waals surface area contributed by atoms with Crippen molar-refractivity contribution in [3.05, 3.63) is 24.2 Å². The van der Waals surface area contributed by atoms with Crippen LogP contribution in [0.3, 0.4) is 0 Å². The second kappa shape index (κ2) is 3.38. The van der Waals surface area contributed by atoms with Crippen molar-refractivity contribution in [3.63, 3.8) is 0 Å². The molecule has 0 saturated heterocycles. The van der Waals surface area contributed by atoms with Crippen LogP contribution < -0.4 is 5.73 Å². The van der Waals surface area contributed by atoms with E-state index in [2.05, 4.69) is 16.9 Å². The Labute approximate surface area is 82.8 Å². The predicted molar refractivity (Wildman–Crippen MR) is 56.0 cm³/mol. The molecule has 2 aromatic heterocycles. The molecule has 4 nitrogen and oxygen atoms in total. The van der Waals surface area contributed by atoms with Gasteiger partial charge in [0, 0.05) is 25.7 Å². The maximum atomic E-state index is 5.62. The van der Waals surface area contributed by atoms with Crippen LogP contribution in [0, 0.1) is 0 Å². The van der Waals surface area contributed by atoms with Gasteiger partial charge in [-0.2, -0.15) is 0 Å². The molecule has 0 amide bonds. The molecular weight excluding hydrogens is 176 g/mol. The van der Waals surface area contributed by atoms with Gasteiger partial charge in [-0.25, -0.2) is 9.97 Å². The monoisotopic (exact) mass is 190 g/mol. The highest BCUT2D eigenvalue weighted by Crippen LogP contribution is 2.17. The fourth-order valence-corrected chi connectivity index (χ4v) is 1.59. The van der Waals surface area contributed by atoms with Crippen LogP contribution in [-0.2, 0) is 7.05 Å². The van der Waals surface area contributed by atoms with Gasteiger partial charge in [-0.05, 0) is 12.1 Å². The van der Waals surface area contributed by atoms with Crippen LogP contribution in [-0.4, -0.2) is 21.1 Å². The second-order valence-corrected chi connectivity index (χ2v) is 3.51. The molecule has 0 aromatic carbocycles. The van der Waals surface area contributed by atoms with Gasteiger partial charge in [0.15, 0.2) is 5.65 Å². The molecule has 0 aliphatic carbocycles. The van der Waals surface area contributed by atoms with Crippen LogP contribution in [0.1, 0.15) is 18.7 Å². The molecule has 2 rings (SSSR count). The minimum absolute atomic E-state index is 0.272. The smallest absolute Gasteiger partial charge is 0.159 e. The summed E-state index contributed by atoms with van der Waals surface area (Å²) in [5.41, 5.74) is 7.48. The molecule has 0 saturated carbocycles.